The van der Waals surface area contributed by atoms with Crippen LogP contribution < -0.4 is 10.3 Å². The van der Waals surface area contributed by atoms with Gasteiger partial charge in [0, 0.05) is 19.3 Å². The van der Waals surface area contributed by atoms with E-state index in [0.29, 0.717) is 12.4 Å². The number of ether oxygens (including phenoxy) is 1. The summed E-state index contributed by atoms with van der Waals surface area (Å²) in [5, 5.41) is 0. The fourth-order valence-corrected chi connectivity index (χ4v) is 1.36. The van der Waals surface area contributed by atoms with Crippen molar-refractivity contribution in [1.29, 1.82) is 0 Å². The van der Waals surface area contributed by atoms with Crippen LogP contribution in [0.3, 0.4) is 0 Å². The van der Waals surface area contributed by atoms with Crippen LogP contribution in [0.15, 0.2) is 53.5 Å². The van der Waals surface area contributed by atoms with Crippen LogP contribution in [0, 0.1) is 0 Å². The Labute approximate surface area is 93.9 Å². The van der Waals surface area contributed by atoms with Gasteiger partial charge < -0.3 is 9.30 Å². The first-order valence-corrected chi connectivity index (χ1v) is 5.09. The topological polar surface area (TPSA) is 31.2 Å². The Bertz CT molecular complexity index is 517. The lowest BCUT2D eigenvalue weighted by atomic mass is 10.2. The Kier molecular flexibility index (Phi) is 3.05. The van der Waals surface area contributed by atoms with E-state index in [0.717, 1.165) is 5.56 Å². The average Bonchev–Trinajstić information content (AvgIpc) is 2.32. The van der Waals surface area contributed by atoms with E-state index >= 15 is 0 Å². The predicted molar refractivity (Wildman–Crippen MR) is 62.5 cm³/mol. The van der Waals surface area contributed by atoms with Gasteiger partial charge in [-0.05, 0) is 11.6 Å². The van der Waals surface area contributed by atoms with E-state index in [-0.39, 0.29) is 5.56 Å². The standard InChI is InChI=1S/C13H13NO2/c1-14-8-7-12(9-13(14)15)16-10-11-5-3-2-4-6-11/h2-9H,10H2,1H3. The zero-order valence-electron chi connectivity index (χ0n) is 9.09. The van der Waals surface area contributed by atoms with E-state index in [2.05, 4.69) is 0 Å². The maximum Gasteiger partial charge on any atom is 0.253 e. The van der Waals surface area contributed by atoms with Gasteiger partial charge in [0.15, 0.2) is 0 Å². The average molecular weight is 215 g/mol. The van der Waals surface area contributed by atoms with E-state index in [1.165, 1.54) is 10.6 Å². The molecular weight excluding hydrogens is 202 g/mol. The van der Waals surface area contributed by atoms with Crippen molar-refractivity contribution in [3.05, 3.63) is 64.6 Å². The lowest BCUT2D eigenvalue weighted by molar-refractivity contribution is 0.305. The van der Waals surface area contributed by atoms with Crippen LogP contribution in [0.5, 0.6) is 5.75 Å². The van der Waals surface area contributed by atoms with Gasteiger partial charge >= 0.3 is 0 Å². The summed E-state index contributed by atoms with van der Waals surface area (Å²) < 4.78 is 7.02. The maximum atomic E-state index is 11.3. The van der Waals surface area contributed by atoms with Crippen molar-refractivity contribution >= 4 is 0 Å². The van der Waals surface area contributed by atoms with Gasteiger partial charge in [0.05, 0.1) is 0 Å². The second kappa shape index (κ2) is 4.66. The van der Waals surface area contributed by atoms with Crippen molar-refractivity contribution in [1.82, 2.24) is 4.57 Å². The maximum absolute atomic E-state index is 11.3. The van der Waals surface area contributed by atoms with Gasteiger partial charge in [-0.1, -0.05) is 30.3 Å². The molecule has 0 radical (unpaired) electrons. The predicted octanol–water partition coefficient (Wildman–Crippen LogP) is 1.96. The molecule has 0 saturated carbocycles. The Balaban J connectivity index is 2.05. The van der Waals surface area contributed by atoms with Gasteiger partial charge in [0.1, 0.15) is 12.4 Å². The Morgan fingerprint density at radius 1 is 1.19 bits per heavy atom. The normalized spacial score (nSPS) is 10.1. The first kappa shape index (κ1) is 10.5. The number of hydrogen-bond acceptors (Lipinski definition) is 2. The number of nitrogens with zero attached hydrogens (tertiary/aromatic N) is 1. The van der Waals surface area contributed by atoms with Crippen molar-refractivity contribution < 1.29 is 4.74 Å². The van der Waals surface area contributed by atoms with Crippen LogP contribution in [-0.2, 0) is 13.7 Å². The fourth-order valence-electron chi connectivity index (χ4n) is 1.36. The molecule has 82 valence electrons. The summed E-state index contributed by atoms with van der Waals surface area (Å²) in [5.41, 5.74) is 1.02. The fraction of sp³-hybridized carbons (Fsp3) is 0.154. The summed E-state index contributed by atoms with van der Waals surface area (Å²) in [6.07, 6.45) is 1.70. The molecule has 0 atom stereocenters. The van der Waals surface area contributed by atoms with Gasteiger partial charge in [-0.3, -0.25) is 4.79 Å². The first-order chi connectivity index (χ1) is 7.75. The molecule has 1 heterocycles. The Hall–Kier alpha value is -2.03. The summed E-state index contributed by atoms with van der Waals surface area (Å²) in [5.74, 6) is 0.604. The van der Waals surface area contributed by atoms with Gasteiger partial charge in [0.2, 0.25) is 0 Å². The molecule has 0 N–H and O–H groups in total. The van der Waals surface area contributed by atoms with Crippen LogP contribution >= 0.6 is 0 Å². The summed E-state index contributed by atoms with van der Waals surface area (Å²) in [6, 6.07) is 13.1. The molecule has 0 aliphatic rings. The third kappa shape index (κ3) is 2.51. The number of rotatable bonds is 3. The van der Waals surface area contributed by atoms with Crippen molar-refractivity contribution in [2.45, 2.75) is 6.61 Å². The van der Waals surface area contributed by atoms with Crippen LogP contribution in [-0.4, -0.2) is 4.57 Å². The molecule has 0 amide bonds. The highest BCUT2D eigenvalue weighted by Gasteiger charge is 1.97. The van der Waals surface area contributed by atoms with Gasteiger partial charge in [-0.15, -0.1) is 0 Å². The molecule has 0 unspecified atom stereocenters. The van der Waals surface area contributed by atoms with Crippen LogP contribution in [0.4, 0.5) is 0 Å². The van der Waals surface area contributed by atoms with Crippen molar-refractivity contribution in [2.75, 3.05) is 0 Å². The molecule has 3 nitrogen and oxygen atoms in total. The monoisotopic (exact) mass is 215 g/mol. The van der Waals surface area contributed by atoms with E-state index < -0.39 is 0 Å². The molecule has 0 spiro atoms. The number of benzene rings is 1. The largest absolute Gasteiger partial charge is 0.489 e. The molecule has 3 heteroatoms. The van der Waals surface area contributed by atoms with Crippen molar-refractivity contribution in [3.8, 4) is 5.75 Å². The number of pyridine rings is 1. The minimum atomic E-state index is -0.0643. The van der Waals surface area contributed by atoms with E-state index in [4.69, 9.17) is 4.74 Å². The zero-order chi connectivity index (χ0) is 11.4. The van der Waals surface area contributed by atoms with Crippen molar-refractivity contribution in [3.63, 3.8) is 0 Å². The third-order valence-corrected chi connectivity index (χ3v) is 2.32. The lowest BCUT2D eigenvalue weighted by Gasteiger charge is -2.06. The minimum Gasteiger partial charge on any atom is -0.489 e. The second-order valence-electron chi connectivity index (χ2n) is 3.59. The van der Waals surface area contributed by atoms with Gasteiger partial charge in [-0.2, -0.15) is 0 Å². The molecule has 1 aromatic heterocycles. The second-order valence-corrected chi connectivity index (χ2v) is 3.59. The highest BCUT2D eigenvalue weighted by atomic mass is 16.5. The molecule has 16 heavy (non-hydrogen) atoms. The SMILES string of the molecule is Cn1ccc(OCc2ccccc2)cc1=O. The number of hydrogen-bond donors (Lipinski definition) is 0. The Morgan fingerprint density at radius 3 is 2.62 bits per heavy atom. The van der Waals surface area contributed by atoms with Gasteiger partial charge in [-0.25, -0.2) is 0 Å². The van der Waals surface area contributed by atoms with Gasteiger partial charge in [0.25, 0.3) is 5.56 Å². The van der Waals surface area contributed by atoms with Crippen LogP contribution in [0.25, 0.3) is 0 Å². The molecule has 2 rings (SSSR count). The zero-order valence-corrected chi connectivity index (χ0v) is 9.09. The molecule has 0 saturated heterocycles. The quantitative estimate of drug-likeness (QED) is 0.783. The molecule has 2 aromatic rings. The van der Waals surface area contributed by atoms with Crippen molar-refractivity contribution in [2.24, 2.45) is 7.05 Å². The Morgan fingerprint density at radius 2 is 1.94 bits per heavy atom. The molecule has 1 aromatic carbocycles. The summed E-state index contributed by atoms with van der Waals surface area (Å²) in [4.78, 5) is 11.3. The molecule has 0 aliphatic carbocycles. The molecule has 0 bridgehead atoms. The lowest BCUT2D eigenvalue weighted by Crippen LogP contribution is -2.14. The minimum absolute atomic E-state index is 0.0643. The van der Waals surface area contributed by atoms with E-state index in [1.807, 2.05) is 30.3 Å². The highest BCUT2D eigenvalue weighted by Crippen LogP contribution is 2.08. The summed E-state index contributed by atoms with van der Waals surface area (Å²) >= 11 is 0. The van der Waals surface area contributed by atoms with Crippen LogP contribution in [0.2, 0.25) is 0 Å². The third-order valence-electron chi connectivity index (χ3n) is 2.32. The first-order valence-electron chi connectivity index (χ1n) is 5.09. The number of aromatic nitrogens is 1. The number of aryl methyl sites for hydroxylation is 1. The molecular formula is C13H13NO2. The molecule has 0 fully saturated rings. The smallest absolute Gasteiger partial charge is 0.253 e. The summed E-state index contributed by atoms with van der Waals surface area (Å²) in [6.45, 7) is 0.480. The van der Waals surface area contributed by atoms with Crippen LogP contribution in [0.1, 0.15) is 5.56 Å². The van der Waals surface area contributed by atoms with E-state index in [9.17, 15) is 4.79 Å². The summed E-state index contributed by atoms with van der Waals surface area (Å²) in [7, 11) is 1.71. The molecule has 0 aliphatic heterocycles. The van der Waals surface area contributed by atoms with E-state index in [1.54, 1.807) is 19.3 Å². The highest BCUT2D eigenvalue weighted by molar-refractivity contribution is 5.20.